The zero-order valence-corrected chi connectivity index (χ0v) is 12.6. The Morgan fingerprint density at radius 1 is 1.43 bits per heavy atom. The van der Waals surface area contributed by atoms with Gasteiger partial charge in [-0.15, -0.1) is 0 Å². The van der Waals surface area contributed by atoms with E-state index >= 15 is 0 Å². The first-order chi connectivity index (χ1) is 9.66. The monoisotopic (exact) mass is 340 g/mol. The van der Waals surface area contributed by atoms with Gasteiger partial charge in [-0.3, -0.25) is 20.6 Å². The molecule has 0 spiro atoms. The number of thiocarbonyl (C=S) groups is 1. The first-order valence-electron chi connectivity index (χ1n) is 5.67. The summed E-state index contributed by atoms with van der Waals surface area (Å²) in [6, 6.07) is 0.735. The molecule has 1 aromatic rings. The van der Waals surface area contributed by atoms with E-state index in [0.29, 0.717) is 6.20 Å². The third-order valence-electron chi connectivity index (χ3n) is 2.53. The van der Waals surface area contributed by atoms with Crippen LogP contribution in [0.2, 0.25) is 5.02 Å². The summed E-state index contributed by atoms with van der Waals surface area (Å²) in [7, 11) is 1.55. The van der Waals surface area contributed by atoms with Crippen molar-refractivity contribution in [3.05, 3.63) is 28.5 Å². The van der Waals surface area contributed by atoms with E-state index in [1.54, 1.807) is 7.05 Å². The van der Waals surface area contributed by atoms with Gasteiger partial charge in [0.2, 0.25) is 5.91 Å². The Morgan fingerprint density at radius 2 is 2.05 bits per heavy atom. The van der Waals surface area contributed by atoms with E-state index in [0.717, 1.165) is 6.07 Å². The van der Waals surface area contributed by atoms with E-state index in [4.69, 9.17) is 23.8 Å². The highest BCUT2D eigenvalue weighted by atomic mass is 35.5. The summed E-state index contributed by atoms with van der Waals surface area (Å²) in [5, 5.41) is 2.52. The van der Waals surface area contributed by atoms with E-state index in [-0.39, 0.29) is 15.8 Å². The molecule has 0 bridgehead atoms. The Balaban J connectivity index is 2.85. The number of pyridine rings is 1. The first-order valence-corrected chi connectivity index (χ1v) is 6.45. The highest BCUT2D eigenvalue weighted by Crippen LogP contribution is 2.32. The standard InChI is InChI=1S/C11H12ClF3N4OS/c1-5(9(20)18-19-10(21)16-2)8-7(12)3-6(4-17-8)11(13,14)15/h3-5H,1-2H3,(H,18,20)(H2,16,19,21). The van der Waals surface area contributed by atoms with Gasteiger partial charge in [-0.05, 0) is 25.2 Å². The predicted molar refractivity (Wildman–Crippen MR) is 75.6 cm³/mol. The highest BCUT2D eigenvalue weighted by molar-refractivity contribution is 7.80. The molecule has 1 unspecified atom stereocenters. The van der Waals surface area contributed by atoms with Gasteiger partial charge in [-0.1, -0.05) is 11.6 Å². The largest absolute Gasteiger partial charge is 0.417 e. The van der Waals surface area contributed by atoms with Crippen LogP contribution in [-0.2, 0) is 11.0 Å². The molecular weight excluding hydrogens is 329 g/mol. The number of halogens is 4. The van der Waals surface area contributed by atoms with Crippen LogP contribution in [0.1, 0.15) is 24.1 Å². The number of amides is 1. The zero-order valence-electron chi connectivity index (χ0n) is 11.0. The lowest BCUT2D eigenvalue weighted by Gasteiger charge is -2.15. The number of hydrazine groups is 1. The maximum atomic E-state index is 12.5. The molecule has 1 amide bonds. The minimum Gasteiger partial charge on any atom is -0.364 e. The van der Waals surface area contributed by atoms with Gasteiger partial charge in [-0.25, -0.2) is 0 Å². The molecule has 1 aromatic heterocycles. The predicted octanol–water partition coefficient (Wildman–Crippen LogP) is 1.98. The quantitative estimate of drug-likeness (QED) is 0.567. The van der Waals surface area contributed by atoms with Crippen LogP contribution in [0.4, 0.5) is 13.2 Å². The Morgan fingerprint density at radius 3 is 2.52 bits per heavy atom. The fourth-order valence-corrected chi connectivity index (χ4v) is 1.72. The van der Waals surface area contributed by atoms with Crippen molar-refractivity contribution in [2.75, 3.05) is 7.05 Å². The Labute approximate surface area is 129 Å². The van der Waals surface area contributed by atoms with Crippen LogP contribution in [0.3, 0.4) is 0 Å². The molecule has 21 heavy (non-hydrogen) atoms. The van der Waals surface area contributed by atoms with Gasteiger partial charge in [0.1, 0.15) is 0 Å². The molecule has 1 heterocycles. The van der Waals surface area contributed by atoms with E-state index in [9.17, 15) is 18.0 Å². The number of nitrogens with zero attached hydrogens (tertiary/aromatic N) is 1. The van der Waals surface area contributed by atoms with E-state index in [2.05, 4.69) is 21.2 Å². The molecule has 1 rings (SSSR count). The molecule has 0 aliphatic heterocycles. The van der Waals surface area contributed by atoms with Crippen molar-refractivity contribution in [1.29, 1.82) is 0 Å². The number of aromatic nitrogens is 1. The summed E-state index contributed by atoms with van der Waals surface area (Å²) in [4.78, 5) is 15.4. The summed E-state index contributed by atoms with van der Waals surface area (Å²) in [6.07, 6.45) is -3.90. The SMILES string of the molecule is CNC(=S)NNC(=O)C(C)c1ncc(C(F)(F)F)cc1Cl. The van der Waals surface area contributed by atoms with Gasteiger partial charge in [0.25, 0.3) is 0 Å². The molecule has 0 saturated heterocycles. The fraction of sp³-hybridized carbons (Fsp3) is 0.364. The lowest BCUT2D eigenvalue weighted by molar-refractivity contribution is -0.137. The Hall–Kier alpha value is -1.61. The first kappa shape index (κ1) is 17.4. The maximum absolute atomic E-state index is 12.5. The zero-order chi connectivity index (χ0) is 16.2. The third kappa shape index (κ3) is 4.71. The molecule has 0 radical (unpaired) electrons. The van der Waals surface area contributed by atoms with Crippen LogP contribution >= 0.6 is 23.8 Å². The average molecular weight is 341 g/mol. The van der Waals surface area contributed by atoms with E-state index in [1.807, 2.05) is 0 Å². The second-order valence-corrected chi connectivity index (χ2v) is 4.82. The molecule has 0 aliphatic rings. The minimum atomic E-state index is -4.54. The molecule has 1 atom stereocenters. The number of alkyl halides is 3. The van der Waals surface area contributed by atoms with Crippen LogP contribution in [0.5, 0.6) is 0 Å². The minimum absolute atomic E-state index is 0.0411. The van der Waals surface area contributed by atoms with E-state index in [1.165, 1.54) is 6.92 Å². The highest BCUT2D eigenvalue weighted by Gasteiger charge is 2.32. The number of carbonyl (C=O) groups is 1. The molecule has 0 aromatic carbocycles. The molecule has 0 saturated carbocycles. The van der Waals surface area contributed by atoms with Crippen molar-refractivity contribution < 1.29 is 18.0 Å². The summed E-state index contributed by atoms with van der Waals surface area (Å²) in [6.45, 7) is 1.46. The summed E-state index contributed by atoms with van der Waals surface area (Å²) < 4.78 is 37.5. The maximum Gasteiger partial charge on any atom is 0.417 e. The van der Waals surface area contributed by atoms with Crippen LogP contribution in [-0.4, -0.2) is 23.1 Å². The van der Waals surface area contributed by atoms with E-state index < -0.39 is 23.6 Å². The number of carbonyl (C=O) groups excluding carboxylic acids is 1. The number of rotatable bonds is 2. The van der Waals surface area contributed by atoms with Gasteiger partial charge < -0.3 is 5.32 Å². The van der Waals surface area contributed by atoms with Gasteiger partial charge in [-0.2, -0.15) is 13.2 Å². The number of nitrogens with one attached hydrogen (secondary N) is 3. The smallest absolute Gasteiger partial charge is 0.364 e. The van der Waals surface area contributed by atoms with Gasteiger partial charge >= 0.3 is 6.18 Å². The van der Waals surface area contributed by atoms with Crippen LogP contribution < -0.4 is 16.2 Å². The molecule has 0 fully saturated rings. The molecular formula is C11H12ClF3N4OS. The average Bonchev–Trinajstić information content (AvgIpc) is 2.42. The summed E-state index contributed by atoms with van der Waals surface area (Å²) in [5.74, 6) is -1.39. The van der Waals surface area contributed by atoms with Crippen molar-refractivity contribution in [1.82, 2.24) is 21.2 Å². The van der Waals surface area contributed by atoms with Gasteiger partial charge in [0.15, 0.2) is 5.11 Å². The fourth-order valence-electron chi connectivity index (χ4n) is 1.34. The Bertz CT molecular complexity index is 553. The van der Waals surface area contributed by atoms with Crippen molar-refractivity contribution in [3.63, 3.8) is 0 Å². The van der Waals surface area contributed by atoms with Crippen molar-refractivity contribution in [2.24, 2.45) is 0 Å². The molecule has 0 aliphatic carbocycles. The number of hydrogen-bond acceptors (Lipinski definition) is 3. The summed E-state index contributed by atoms with van der Waals surface area (Å²) >= 11 is 10.5. The molecule has 5 nitrogen and oxygen atoms in total. The Kier molecular flexibility index (Phi) is 5.73. The molecule has 10 heteroatoms. The van der Waals surface area contributed by atoms with Crippen LogP contribution in [0.25, 0.3) is 0 Å². The van der Waals surface area contributed by atoms with Crippen molar-refractivity contribution in [3.8, 4) is 0 Å². The number of hydrogen-bond donors (Lipinski definition) is 3. The normalized spacial score (nSPS) is 12.5. The van der Waals surface area contributed by atoms with Gasteiger partial charge in [0, 0.05) is 13.2 Å². The topological polar surface area (TPSA) is 66.0 Å². The van der Waals surface area contributed by atoms with Crippen molar-refractivity contribution >= 4 is 34.8 Å². The summed E-state index contributed by atoms with van der Waals surface area (Å²) in [5.41, 5.74) is 3.77. The van der Waals surface area contributed by atoms with Crippen LogP contribution in [0.15, 0.2) is 12.3 Å². The van der Waals surface area contributed by atoms with Crippen molar-refractivity contribution in [2.45, 2.75) is 19.0 Å². The molecule has 3 N–H and O–H groups in total. The lowest BCUT2D eigenvalue weighted by atomic mass is 10.1. The second kappa shape index (κ2) is 6.90. The van der Waals surface area contributed by atoms with Crippen LogP contribution in [0, 0.1) is 0 Å². The lowest BCUT2D eigenvalue weighted by Crippen LogP contribution is -2.47. The molecule has 116 valence electrons. The second-order valence-electron chi connectivity index (χ2n) is 4.00. The third-order valence-corrected chi connectivity index (χ3v) is 3.14. The van der Waals surface area contributed by atoms with Gasteiger partial charge in [0.05, 0.1) is 22.2 Å².